The first-order valence-corrected chi connectivity index (χ1v) is 5.49. The van der Waals surface area contributed by atoms with Gasteiger partial charge in [0.1, 0.15) is 0 Å². The van der Waals surface area contributed by atoms with Crippen LogP contribution in [-0.4, -0.2) is 0 Å². The van der Waals surface area contributed by atoms with Gasteiger partial charge in [-0.3, -0.25) is 0 Å². The van der Waals surface area contributed by atoms with Crippen molar-refractivity contribution >= 4 is 5.57 Å². The van der Waals surface area contributed by atoms with Crippen LogP contribution in [0.5, 0.6) is 0 Å². The van der Waals surface area contributed by atoms with Crippen LogP contribution in [0.25, 0.3) is 5.57 Å². The third-order valence-electron chi connectivity index (χ3n) is 2.61. The van der Waals surface area contributed by atoms with E-state index in [0.717, 1.165) is 6.42 Å². The van der Waals surface area contributed by atoms with E-state index in [1.807, 2.05) is 0 Å². The summed E-state index contributed by atoms with van der Waals surface area (Å²) in [5.41, 5.74) is 3.97. The van der Waals surface area contributed by atoms with Gasteiger partial charge < -0.3 is 0 Å². The maximum atomic E-state index is 4.16. The van der Waals surface area contributed by atoms with Gasteiger partial charge in [0.25, 0.3) is 0 Å². The third-order valence-corrected chi connectivity index (χ3v) is 2.61. The summed E-state index contributed by atoms with van der Waals surface area (Å²) in [6.07, 6.45) is 4.99. The minimum atomic E-state index is 1.14. The van der Waals surface area contributed by atoms with Crippen molar-refractivity contribution < 1.29 is 0 Å². The van der Waals surface area contributed by atoms with Gasteiger partial charge in [0, 0.05) is 0 Å². The number of hydrogen-bond acceptors (Lipinski definition) is 0. The molecule has 0 aliphatic carbocycles. The van der Waals surface area contributed by atoms with Crippen molar-refractivity contribution in [1.82, 2.24) is 0 Å². The molecule has 0 aliphatic rings. The fourth-order valence-electron chi connectivity index (χ4n) is 1.69. The Bertz CT molecular complexity index is 297. The minimum absolute atomic E-state index is 1.14. The lowest BCUT2D eigenvalue weighted by Gasteiger charge is -2.08. The number of hydrogen-bond donors (Lipinski definition) is 0. The first-order chi connectivity index (χ1) is 6.75. The molecule has 0 heteroatoms. The number of unbranched alkanes of at least 4 members (excludes halogenated alkanes) is 2. The van der Waals surface area contributed by atoms with Crippen molar-refractivity contribution in [1.29, 1.82) is 0 Å². The summed E-state index contributed by atoms with van der Waals surface area (Å²) in [4.78, 5) is 0. The lowest BCUT2D eigenvalue weighted by atomic mass is 9.97. The molecule has 0 N–H and O–H groups in total. The Labute approximate surface area is 87.7 Å². The third kappa shape index (κ3) is 3.02. The van der Waals surface area contributed by atoms with Gasteiger partial charge in [0.15, 0.2) is 0 Å². The topological polar surface area (TPSA) is 0 Å². The SMILES string of the molecule is C=C(CCCCC)c1ccccc1C. The molecular weight excluding hydrogens is 168 g/mol. The normalized spacial score (nSPS) is 10.1. The zero-order valence-corrected chi connectivity index (χ0v) is 9.34. The van der Waals surface area contributed by atoms with Crippen LogP contribution < -0.4 is 0 Å². The average Bonchev–Trinajstić information content (AvgIpc) is 2.18. The smallest absolute Gasteiger partial charge is 0.0201 e. The Kier molecular flexibility index (Phi) is 4.45. The summed E-state index contributed by atoms with van der Waals surface area (Å²) in [7, 11) is 0. The van der Waals surface area contributed by atoms with E-state index in [9.17, 15) is 0 Å². The Balaban J connectivity index is 2.56. The molecule has 0 spiro atoms. The minimum Gasteiger partial charge on any atom is -0.0952 e. The summed E-state index contributed by atoms with van der Waals surface area (Å²) >= 11 is 0. The van der Waals surface area contributed by atoms with Gasteiger partial charge in [0.05, 0.1) is 0 Å². The first-order valence-electron chi connectivity index (χ1n) is 5.49. The van der Waals surface area contributed by atoms with Crippen LogP contribution >= 0.6 is 0 Å². The van der Waals surface area contributed by atoms with E-state index in [2.05, 4.69) is 44.7 Å². The van der Waals surface area contributed by atoms with E-state index < -0.39 is 0 Å². The number of allylic oxidation sites excluding steroid dienone is 1. The Morgan fingerprint density at radius 2 is 1.93 bits per heavy atom. The van der Waals surface area contributed by atoms with E-state index >= 15 is 0 Å². The summed E-state index contributed by atoms with van der Waals surface area (Å²) in [5, 5.41) is 0. The Hall–Kier alpha value is -1.04. The van der Waals surface area contributed by atoms with Gasteiger partial charge >= 0.3 is 0 Å². The lowest BCUT2D eigenvalue weighted by molar-refractivity contribution is 0.735. The quantitative estimate of drug-likeness (QED) is 0.593. The highest BCUT2D eigenvalue weighted by atomic mass is 14.1. The van der Waals surface area contributed by atoms with Crippen LogP contribution in [0.15, 0.2) is 30.8 Å². The molecule has 1 aromatic carbocycles. The first kappa shape index (κ1) is 11.0. The van der Waals surface area contributed by atoms with Gasteiger partial charge in [-0.15, -0.1) is 0 Å². The molecule has 1 aromatic rings. The number of benzene rings is 1. The van der Waals surface area contributed by atoms with Crippen molar-refractivity contribution in [2.24, 2.45) is 0 Å². The Morgan fingerprint density at radius 1 is 1.21 bits per heavy atom. The summed E-state index contributed by atoms with van der Waals surface area (Å²) in [6, 6.07) is 8.50. The highest BCUT2D eigenvalue weighted by Crippen LogP contribution is 2.21. The molecule has 1 rings (SSSR count). The molecule has 0 heterocycles. The molecule has 76 valence electrons. The highest BCUT2D eigenvalue weighted by molar-refractivity contribution is 5.65. The fourth-order valence-corrected chi connectivity index (χ4v) is 1.69. The van der Waals surface area contributed by atoms with Crippen molar-refractivity contribution in [2.75, 3.05) is 0 Å². The van der Waals surface area contributed by atoms with Gasteiger partial charge in [-0.25, -0.2) is 0 Å². The molecule has 0 radical (unpaired) electrons. The predicted octanol–water partition coefficient (Wildman–Crippen LogP) is 4.59. The van der Waals surface area contributed by atoms with Crippen LogP contribution in [-0.2, 0) is 0 Å². The summed E-state index contributed by atoms with van der Waals surface area (Å²) < 4.78 is 0. The summed E-state index contributed by atoms with van der Waals surface area (Å²) in [6.45, 7) is 8.54. The van der Waals surface area contributed by atoms with E-state index in [1.165, 1.54) is 36.0 Å². The van der Waals surface area contributed by atoms with Crippen LogP contribution in [0.2, 0.25) is 0 Å². The van der Waals surface area contributed by atoms with Gasteiger partial charge in [0.2, 0.25) is 0 Å². The molecule has 0 saturated heterocycles. The van der Waals surface area contributed by atoms with Crippen molar-refractivity contribution in [3.8, 4) is 0 Å². The van der Waals surface area contributed by atoms with Gasteiger partial charge in [-0.1, -0.05) is 50.6 Å². The van der Waals surface area contributed by atoms with E-state index in [4.69, 9.17) is 0 Å². The van der Waals surface area contributed by atoms with Crippen LogP contribution in [0, 0.1) is 6.92 Å². The lowest BCUT2D eigenvalue weighted by Crippen LogP contribution is -1.87. The Morgan fingerprint density at radius 3 is 2.57 bits per heavy atom. The zero-order valence-electron chi connectivity index (χ0n) is 9.34. The average molecular weight is 188 g/mol. The largest absolute Gasteiger partial charge is 0.0952 e. The number of rotatable bonds is 5. The standard InChI is InChI=1S/C14H20/c1-4-5-6-9-12(2)14-11-8-7-10-13(14)3/h7-8,10-11H,2,4-6,9H2,1,3H3. The molecular formula is C14H20. The van der Waals surface area contributed by atoms with Crippen molar-refractivity contribution in [3.63, 3.8) is 0 Å². The maximum absolute atomic E-state index is 4.16. The summed E-state index contributed by atoms with van der Waals surface area (Å²) in [5.74, 6) is 0. The second-order valence-corrected chi connectivity index (χ2v) is 3.88. The van der Waals surface area contributed by atoms with Gasteiger partial charge in [-0.05, 0) is 36.5 Å². The molecule has 0 unspecified atom stereocenters. The van der Waals surface area contributed by atoms with Crippen molar-refractivity contribution in [2.45, 2.75) is 39.5 Å². The maximum Gasteiger partial charge on any atom is -0.0201 e. The van der Waals surface area contributed by atoms with Crippen LogP contribution in [0.3, 0.4) is 0 Å². The highest BCUT2D eigenvalue weighted by Gasteiger charge is 2.00. The van der Waals surface area contributed by atoms with E-state index in [1.54, 1.807) is 0 Å². The van der Waals surface area contributed by atoms with Crippen molar-refractivity contribution in [3.05, 3.63) is 42.0 Å². The molecule has 0 saturated carbocycles. The van der Waals surface area contributed by atoms with Crippen LogP contribution in [0.1, 0.15) is 43.7 Å². The molecule has 0 aliphatic heterocycles. The van der Waals surface area contributed by atoms with E-state index in [0.29, 0.717) is 0 Å². The zero-order chi connectivity index (χ0) is 10.4. The molecule has 0 aromatic heterocycles. The second kappa shape index (κ2) is 5.64. The molecule has 0 fully saturated rings. The predicted molar refractivity (Wildman–Crippen MR) is 64.4 cm³/mol. The molecule has 14 heavy (non-hydrogen) atoms. The monoisotopic (exact) mass is 188 g/mol. The van der Waals surface area contributed by atoms with Gasteiger partial charge in [-0.2, -0.15) is 0 Å². The second-order valence-electron chi connectivity index (χ2n) is 3.88. The molecule has 0 nitrogen and oxygen atoms in total. The van der Waals surface area contributed by atoms with Crippen LogP contribution in [0.4, 0.5) is 0 Å². The van der Waals surface area contributed by atoms with E-state index in [-0.39, 0.29) is 0 Å². The molecule has 0 bridgehead atoms. The fraction of sp³-hybridized carbons (Fsp3) is 0.429. The number of aryl methyl sites for hydroxylation is 1. The molecule has 0 atom stereocenters. The molecule has 0 amide bonds.